The predicted octanol–water partition coefficient (Wildman–Crippen LogP) is 3.34. The summed E-state index contributed by atoms with van der Waals surface area (Å²) in [5.74, 6) is 1.17. The van der Waals surface area contributed by atoms with Gasteiger partial charge in [-0.15, -0.1) is 0 Å². The predicted molar refractivity (Wildman–Crippen MR) is 139 cm³/mol. The van der Waals surface area contributed by atoms with Crippen LogP contribution in [0.3, 0.4) is 0 Å². The van der Waals surface area contributed by atoms with Gasteiger partial charge in [-0.2, -0.15) is 16.9 Å². The van der Waals surface area contributed by atoms with E-state index in [2.05, 4.69) is 15.4 Å². The zero-order chi connectivity index (χ0) is 24.6. The molecule has 0 bridgehead atoms. The molecule has 4 rings (SSSR count). The number of nitrogens with zero attached hydrogens (tertiary/aromatic N) is 3. The number of methoxy groups -OCH3 is 1. The minimum atomic E-state index is -0.844. The number of carbonyl (C=O) groups is 2. The summed E-state index contributed by atoms with van der Waals surface area (Å²) in [7, 11) is 1.64. The molecule has 1 amide bonds. The number of anilines is 1. The van der Waals surface area contributed by atoms with Crippen molar-refractivity contribution >= 4 is 35.5 Å². The first-order valence-electron chi connectivity index (χ1n) is 11.9. The van der Waals surface area contributed by atoms with Crippen molar-refractivity contribution in [2.45, 2.75) is 18.9 Å². The Morgan fingerprint density at radius 1 is 1.17 bits per heavy atom. The van der Waals surface area contributed by atoms with E-state index in [1.54, 1.807) is 19.2 Å². The lowest BCUT2D eigenvalue weighted by Gasteiger charge is -2.36. The number of hydrogen-bond donors (Lipinski definition) is 2. The van der Waals surface area contributed by atoms with Crippen LogP contribution in [-0.2, 0) is 16.0 Å². The summed E-state index contributed by atoms with van der Waals surface area (Å²) in [6, 6.07) is 13.2. The lowest BCUT2D eigenvalue weighted by molar-refractivity contribution is -0.139. The number of rotatable bonds is 9. The van der Waals surface area contributed by atoms with E-state index in [4.69, 9.17) is 4.74 Å². The first-order chi connectivity index (χ1) is 17.0. The Morgan fingerprint density at radius 3 is 2.66 bits per heavy atom. The van der Waals surface area contributed by atoms with Crippen LogP contribution in [0.2, 0.25) is 0 Å². The molecule has 35 heavy (non-hydrogen) atoms. The quantitative estimate of drug-likeness (QED) is 0.514. The summed E-state index contributed by atoms with van der Waals surface area (Å²) in [4.78, 5) is 26.2. The van der Waals surface area contributed by atoms with Crippen molar-refractivity contribution in [1.82, 2.24) is 9.91 Å². The van der Waals surface area contributed by atoms with E-state index in [1.807, 2.05) is 53.2 Å². The Morgan fingerprint density at radius 2 is 1.94 bits per heavy atom. The molecule has 2 aromatic carbocycles. The Balaban J connectivity index is 1.44. The van der Waals surface area contributed by atoms with Crippen LogP contribution in [0.1, 0.15) is 39.5 Å². The van der Waals surface area contributed by atoms with Crippen LogP contribution < -0.4 is 5.32 Å². The van der Waals surface area contributed by atoms with Gasteiger partial charge in [0, 0.05) is 62.1 Å². The number of benzene rings is 2. The number of nitrogens with one attached hydrogen (secondary N) is 1. The number of thioether (sulfide) groups is 1. The molecule has 8 nitrogen and oxygen atoms in total. The lowest BCUT2D eigenvalue weighted by Crippen LogP contribution is -2.39. The molecule has 0 saturated carbocycles. The van der Waals surface area contributed by atoms with Crippen molar-refractivity contribution in [3.8, 4) is 0 Å². The first kappa shape index (κ1) is 25.2. The summed E-state index contributed by atoms with van der Waals surface area (Å²) >= 11 is 1.95. The fraction of sp³-hybridized carbons (Fsp3) is 0.423. The molecular weight excluding hydrogens is 464 g/mol. The molecule has 9 heteroatoms. The highest BCUT2D eigenvalue weighted by atomic mass is 32.2. The standard InChI is InChI=1S/C26H32N4O4S/c1-34-13-9-24-23-16-22(7-6-20(23)8-10-29(24)18-25(31)32)28-26(33)21-4-2-19(3-5-21)17-27-30-11-14-35-15-12-30/h2-7,16-17,24H,8-15,18H2,1H3,(H,28,33)(H,31,32). The average Bonchev–Trinajstić information content (AvgIpc) is 2.87. The van der Waals surface area contributed by atoms with Crippen molar-refractivity contribution in [1.29, 1.82) is 0 Å². The summed E-state index contributed by atoms with van der Waals surface area (Å²) in [5.41, 5.74) is 4.45. The molecular formula is C26H32N4O4S. The van der Waals surface area contributed by atoms with Gasteiger partial charge >= 0.3 is 5.97 Å². The fourth-order valence-electron chi connectivity index (χ4n) is 4.50. The number of amides is 1. The third-order valence-corrected chi connectivity index (χ3v) is 7.28. The minimum absolute atomic E-state index is 0.0171. The van der Waals surface area contributed by atoms with Gasteiger partial charge in [0.25, 0.3) is 5.91 Å². The van der Waals surface area contributed by atoms with E-state index in [-0.39, 0.29) is 18.5 Å². The van der Waals surface area contributed by atoms with Crippen LogP contribution in [0, 0.1) is 0 Å². The highest BCUT2D eigenvalue weighted by Gasteiger charge is 2.29. The summed E-state index contributed by atoms with van der Waals surface area (Å²) < 4.78 is 5.27. The van der Waals surface area contributed by atoms with E-state index in [0.29, 0.717) is 30.8 Å². The van der Waals surface area contributed by atoms with Crippen molar-refractivity contribution in [3.05, 3.63) is 64.7 Å². The smallest absolute Gasteiger partial charge is 0.317 e. The SMILES string of the molecule is COCCC1c2cc(NC(=O)c3ccc(C=NN4CCSCC4)cc3)ccc2CCN1CC(=O)O. The second-order valence-electron chi connectivity index (χ2n) is 8.71. The number of carboxylic acid groups (broad SMARTS) is 1. The maximum atomic E-state index is 12.9. The van der Waals surface area contributed by atoms with Gasteiger partial charge in [0.1, 0.15) is 0 Å². The number of ether oxygens (including phenoxy) is 1. The van der Waals surface area contributed by atoms with Crippen molar-refractivity contribution < 1.29 is 19.4 Å². The fourth-order valence-corrected chi connectivity index (χ4v) is 5.38. The third-order valence-electron chi connectivity index (χ3n) is 6.34. The van der Waals surface area contributed by atoms with Crippen LogP contribution in [0.5, 0.6) is 0 Å². The van der Waals surface area contributed by atoms with E-state index < -0.39 is 5.97 Å². The molecule has 1 atom stereocenters. The molecule has 186 valence electrons. The molecule has 2 aliphatic rings. The average molecular weight is 497 g/mol. The maximum Gasteiger partial charge on any atom is 0.317 e. The summed E-state index contributed by atoms with van der Waals surface area (Å²) in [5, 5.41) is 18.9. The number of fused-ring (bicyclic) bond motifs is 1. The molecule has 0 aromatic heterocycles. The summed E-state index contributed by atoms with van der Waals surface area (Å²) in [6.07, 6.45) is 3.30. The number of carbonyl (C=O) groups excluding carboxylic acids is 1. The van der Waals surface area contributed by atoms with Gasteiger partial charge in [0.2, 0.25) is 0 Å². The molecule has 2 heterocycles. The van der Waals surface area contributed by atoms with E-state index >= 15 is 0 Å². The van der Waals surface area contributed by atoms with E-state index in [9.17, 15) is 14.7 Å². The molecule has 0 spiro atoms. The van der Waals surface area contributed by atoms with Crippen LogP contribution >= 0.6 is 11.8 Å². The van der Waals surface area contributed by atoms with Gasteiger partial charge in [0.15, 0.2) is 0 Å². The molecule has 0 radical (unpaired) electrons. The molecule has 1 unspecified atom stereocenters. The van der Waals surface area contributed by atoms with Crippen LogP contribution in [0.25, 0.3) is 0 Å². The van der Waals surface area contributed by atoms with Gasteiger partial charge < -0.3 is 15.2 Å². The molecule has 2 aromatic rings. The number of aliphatic carboxylic acids is 1. The Bertz CT molecular complexity index is 1050. The van der Waals surface area contributed by atoms with Gasteiger partial charge in [-0.25, -0.2) is 0 Å². The van der Waals surface area contributed by atoms with E-state index in [0.717, 1.165) is 42.1 Å². The number of hydrogen-bond acceptors (Lipinski definition) is 7. The van der Waals surface area contributed by atoms with Gasteiger partial charge in [-0.1, -0.05) is 18.2 Å². The third kappa shape index (κ3) is 6.84. The summed E-state index contributed by atoms with van der Waals surface area (Å²) in [6.45, 7) is 3.12. The second-order valence-corrected chi connectivity index (χ2v) is 9.94. The van der Waals surface area contributed by atoms with Crippen LogP contribution in [0.4, 0.5) is 5.69 Å². The van der Waals surface area contributed by atoms with Crippen molar-refractivity contribution in [3.63, 3.8) is 0 Å². The molecule has 2 N–H and O–H groups in total. The minimum Gasteiger partial charge on any atom is -0.480 e. The normalized spacial score (nSPS) is 18.4. The molecule has 1 saturated heterocycles. The Hall–Kier alpha value is -2.88. The maximum absolute atomic E-state index is 12.9. The monoisotopic (exact) mass is 496 g/mol. The molecule has 0 aliphatic carbocycles. The largest absolute Gasteiger partial charge is 0.480 e. The van der Waals surface area contributed by atoms with Gasteiger partial charge in [-0.3, -0.25) is 19.5 Å². The van der Waals surface area contributed by atoms with Gasteiger partial charge in [-0.05, 0) is 53.8 Å². The number of hydrazone groups is 1. The Kier molecular flexibility index (Phi) is 8.79. The topological polar surface area (TPSA) is 94.5 Å². The zero-order valence-electron chi connectivity index (χ0n) is 20.0. The van der Waals surface area contributed by atoms with Crippen LogP contribution in [0.15, 0.2) is 47.6 Å². The highest BCUT2D eigenvalue weighted by molar-refractivity contribution is 7.99. The zero-order valence-corrected chi connectivity index (χ0v) is 20.8. The van der Waals surface area contributed by atoms with Gasteiger partial charge in [0.05, 0.1) is 12.8 Å². The lowest BCUT2D eigenvalue weighted by atomic mass is 9.90. The van der Waals surface area contributed by atoms with Crippen LogP contribution in [-0.4, -0.2) is 84.5 Å². The first-order valence-corrected chi connectivity index (χ1v) is 13.0. The van der Waals surface area contributed by atoms with Crippen molar-refractivity contribution in [2.75, 3.05) is 56.7 Å². The van der Waals surface area contributed by atoms with Crippen molar-refractivity contribution in [2.24, 2.45) is 5.10 Å². The number of carboxylic acids is 1. The Labute approximate surface area is 210 Å². The second kappa shape index (κ2) is 12.2. The molecule has 1 fully saturated rings. The van der Waals surface area contributed by atoms with E-state index in [1.165, 1.54) is 5.56 Å². The molecule has 2 aliphatic heterocycles. The highest BCUT2D eigenvalue weighted by Crippen LogP contribution is 2.34.